The van der Waals surface area contributed by atoms with Gasteiger partial charge in [0.25, 0.3) is 5.91 Å². The zero-order valence-corrected chi connectivity index (χ0v) is 10.7. The molecule has 5 heteroatoms. The van der Waals surface area contributed by atoms with E-state index in [0.29, 0.717) is 17.4 Å². The number of nitrogen functional groups attached to an aromatic ring is 1. The number of anilines is 1. The Labute approximate surface area is 102 Å². The van der Waals surface area contributed by atoms with Gasteiger partial charge in [0.1, 0.15) is 5.69 Å². The summed E-state index contributed by atoms with van der Waals surface area (Å²) in [4.78, 5) is 16.5. The summed E-state index contributed by atoms with van der Waals surface area (Å²) in [6.45, 7) is 4.62. The van der Waals surface area contributed by atoms with E-state index < -0.39 is 0 Å². The molecule has 0 radical (unpaired) electrons. The lowest BCUT2D eigenvalue weighted by Gasteiger charge is -2.37. The van der Waals surface area contributed by atoms with Crippen molar-refractivity contribution in [1.29, 1.82) is 0 Å². The predicted octanol–water partition coefficient (Wildman–Crippen LogP) is 0.383. The molecule has 1 aliphatic rings. The molecule has 1 atom stereocenters. The second-order valence-corrected chi connectivity index (χ2v) is 4.85. The normalized spacial score (nSPS) is 21.8. The van der Waals surface area contributed by atoms with Crippen LogP contribution in [0, 0.1) is 0 Å². The van der Waals surface area contributed by atoms with E-state index in [1.165, 1.54) is 0 Å². The molecule has 1 aliphatic heterocycles. The third-order valence-electron chi connectivity index (χ3n) is 3.49. The smallest absolute Gasteiger partial charge is 0.270 e. The maximum absolute atomic E-state index is 12.3. The van der Waals surface area contributed by atoms with E-state index in [-0.39, 0.29) is 5.91 Å². The molecule has 2 rings (SSSR count). The van der Waals surface area contributed by atoms with Gasteiger partial charge in [-0.1, -0.05) is 0 Å². The summed E-state index contributed by atoms with van der Waals surface area (Å²) < 4.78 is 1.79. The number of aryl methyl sites for hydroxylation is 1. The van der Waals surface area contributed by atoms with Gasteiger partial charge in [-0.3, -0.25) is 4.79 Å². The SMILES string of the molecule is CC1CN(C(=O)c2cc(N)cn2C)CCN1C. The number of aromatic nitrogens is 1. The van der Waals surface area contributed by atoms with Crippen LogP contribution in [0.25, 0.3) is 0 Å². The van der Waals surface area contributed by atoms with Gasteiger partial charge in [0.2, 0.25) is 0 Å². The van der Waals surface area contributed by atoms with Crippen molar-refractivity contribution in [2.45, 2.75) is 13.0 Å². The Balaban J connectivity index is 2.13. The summed E-state index contributed by atoms with van der Waals surface area (Å²) in [5, 5.41) is 0. The molecule has 1 fully saturated rings. The molecule has 1 aromatic rings. The van der Waals surface area contributed by atoms with Crippen LogP contribution in [0.15, 0.2) is 12.3 Å². The number of nitrogens with zero attached hydrogens (tertiary/aromatic N) is 3. The van der Waals surface area contributed by atoms with E-state index in [2.05, 4.69) is 18.9 Å². The predicted molar refractivity (Wildman–Crippen MR) is 67.8 cm³/mol. The second-order valence-electron chi connectivity index (χ2n) is 4.85. The minimum absolute atomic E-state index is 0.0733. The minimum atomic E-state index is 0.0733. The summed E-state index contributed by atoms with van der Waals surface area (Å²) in [6, 6.07) is 2.15. The van der Waals surface area contributed by atoms with Crippen LogP contribution in [0.4, 0.5) is 5.69 Å². The molecule has 0 aromatic carbocycles. The second kappa shape index (κ2) is 4.41. The summed E-state index contributed by atoms with van der Waals surface area (Å²) in [5.41, 5.74) is 7.00. The third-order valence-corrected chi connectivity index (χ3v) is 3.49. The number of rotatable bonds is 1. The fraction of sp³-hybridized carbons (Fsp3) is 0.583. The lowest BCUT2D eigenvalue weighted by atomic mass is 10.2. The lowest BCUT2D eigenvalue weighted by molar-refractivity contribution is 0.0563. The van der Waals surface area contributed by atoms with E-state index in [1.807, 2.05) is 11.9 Å². The van der Waals surface area contributed by atoms with Crippen LogP contribution in [0.1, 0.15) is 17.4 Å². The van der Waals surface area contributed by atoms with Gasteiger partial charge in [-0.05, 0) is 20.0 Å². The Morgan fingerprint density at radius 3 is 2.65 bits per heavy atom. The van der Waals surface area contributed by atoms with Crippen LogP contribution in [-0.2, 0) is 7.05 Å². The van der Waals surface area contributed by atoms with Crippen molar-refractivity contribution >= 4 is 11.6 Å². The van der Waals surface area contributed by atoms with E-state index >= 15 is 0 Å². The molecule has 1 amide bonds. The minimum Gasteiger partial charge on any atom is -0.397 e. The Morgan fingerprint density at radius 1 is 1.41 bits per heavy atom. The van der Waals surface area contributed by atoms with Crippen LogP contribution < -0.4 is 5.73 Å². The molecule has 0 saturated carbocycles. The molecule has 0 bridgehead atoms. The number of likely N-dealkylation sites (N-methyl/N-ethyl adjacent to an activating group) is 1. The molecule has 1 unspecified atom stereocenters. The van der Waals surface area contributed by atoms with Crippen LogP contribution in [0.5, 0.6) is 0 Å². The van der Waals surface area contributed by atoms with Gasteiger partial charge in [0.15, 0.2) is 0 Å². The number of carbonyl (C=O) groups is 1. The van der Waals surface area contributed by atoms with Gasteiger partial charge in [-0.25, -0.2) is 0 Å². The van der Waals surface area contributed by atoms with Gasteiger partial charge < -0.3 is 20.1 Å². The van der Waals surface area contributed by atoms with E-state index in [4.69, 9.17) is 5.73 Å². The third kappa shape index (κ3) is 2.29. The molecule has 5 nitrogen and oxygen atoms in total. The number of piperazine rings is 1. The van der Waals surface area contributed by atoms with E-state index in [9.17, 15) is 4.79 Å². The van der Waals surface area contributed by atoms with Crippen molar-refractivity contribution in [2.24, 2.45) is 7.05 Å². The number of amides is 1. The maximum Gasteiger partial charge on any atom is 0.270 e. The van der Waals surface area contributed by atoms with Gasteiger partial charge in [-0.2, -0.15) is 0 Å². The number of hydrogen-bond donors (Lipinski definition) is 1. The Kier molecular flexibility index (Phi) is 3.11. The highest BCUT2D eigenvalue weighted by Crippen LogP contribution is 2.14. The van der Waals surface area contributed by atoms with Crippen molar-refractivity contribution < 1.29 is 4.79 Å². The van der Waals surface area contributed by atoms with Crippen molar-refractivity contribution in [3.05, 3.63) is 18.0 Å². The summed E-state index contributed by atoms with van der Waals surface area (Å²) in [5.74, 6) is 0.0733. The molecule has 0 aliphatic carbocycles. The zero-order valence-electron chi connectivity index (χ0n) is 10.7. The first-order valence-corrected chi connectivity index (χ1v) is 5.90. The number of carbonyl (C=O) groups excluding carboxylic acids is 1. The average Bonchev–Trinajstić information content (AvgIpc) is 2.61. The van der Waals surface area contributed by atoms with Gasteiger partial charge in [0.05, 0.1) is 5.69 Å². The van der Waals surface area contributed by atoms with Crippen LogP contribution in [0.3, 0.4) is 0 Å². The standard InChI is InChI=1S/C12H20N4O/c1-9-7-16(5-4-14(9)2)12(17)11-6-10(13)8-15(11)3/h6,8-9H,4-5,7,13H2,1-3H3. The Morgan fingerprint density at radius 2 is 2.12 bits per heavy atom. The van der Waals surface area contributed by atoms with Gasteiger partial charge in [-0.15, -0.1) is 0 Å². The molecule has 1 aromatic heterocycles. The zero-order chi connectivity index (χ0) is 12.6. The molecule has 2 heterocycles. The van der Waals surface area contributed by atoms with Crippen LogP contribution in [-0.4, -0.2) is 53.0 Å². The fourth-order valence-corrected chi connectivity index (χ4v) is 2.20. The van der Waals surface area contributed by atoms with Crippen molar-refractivity contribution in [1.82, 2.24) is 14.4 Å². The quantitative estimate of drug-likeness (QED) is 0.767. The van der Waals surface area contributed by atoms with Gasteiger partial charge in [0, 0.05) is 38.9 Å². The van der Waals surface area contributed by atoms with Crippen LogP contribution in [0.2, 0.25) is 0 Å². The van der Waals surface area contributed by atoms with Crippen molar-refractivity contribution in [3.63, 3.8) is 0 Å². The number of hydrogen-bond acceptors (Lipinski definition) is 3. The molecule has 17 heavy (non-hydrogen) atoms. The van der Waals surface area contributed by atoms with Crippen molar-refractivity contribution in [2.75, 3.05) is 32.4 Å². The van der Waals surface area contributed by atoms with Crippen LogP contribution >= 0.6 is 0 Å². The summed E-state index contributed by atoms with van der Waals surface area (Å²) >= 11 is 0. The Hall–Kier alpha value is -1.49. The first-order chi connectivity index (χ1) is 7.99. The largest absolute Gasteiger partial charge is 0.397 e. The molecular weight excluding hydrogens is 216 g/mol. The first kappa shape index (κ1) is 12.0. The topological polar surface area (TPSA) is 54.5 Å². The fourth-order valence-electron chi connectivity index (χ4n) is 2.20. The highest BCUT2D eigenvalue weighted by atomic mass is 16.2. The number of nitrogens with two attached hydrogens (primary N) is 1. The lowest BCUT2D eigenvalue weighted by Crippen LogP contribution is -2.52. The average molecular weight is 236 g/mol. The Bertz CT molecular complexity index is 426. The monoisotopic (exact) mass is 236 g/mol. The maximum atomic E-state index is 12.3. The summed E-state index contributed by atoms with van der Waals surface area (Å²) in [6.07, 6.45) is 1.77. The molecule has 94 valence electrons. The molecule has 1 saturated heterocycles. The molecular formula is C12H20N4O. The van der Waals surface area contributed by atoms with E-state index in [0.717, 1.165) is 19.6 Å². The molecule has 2 N–H and O–H groups in total. The highest BCUT2D eigenvalue weighted by molar-refractivity contribution is 5.93. The summed E-state index contributed by atoms with van der Waals surface area (Å²) in [7, 11) is 3.94. The molecule has 0 spiro atoms. The van der Waals surface area contributed by atoms with E-state index in [1.54, 1.807) is 16.8 Å². The first-order valence-electron chi connectivity index (χ1n) is 5.90. The highest BCUT2D eigenvalue weighted by Gasteiger charge is 2.26. The van der Waals surface area contributed by atoms with Crippen molar-refractivity contribution in [3.8, 4) is 0 Å². The van der Waals surface area contributed by atoms with Gasteiger partial charge >= 0.3 is 0 Å².